The van der Waals surface area contributed by atoms with E-state index in [1.807, 2.05) is 30.3 Å². The average molecular weight is 470 g/mol. The van der Waals surface area contributed by atoms with Gasteiger partial charge in [0.05, 0.1) is 4.92 Å². The standard InChI is InChI=1S/C23H23N2O7P/c1-17-15-20(25(27)28)13-14-22(17)32-33(29,31-21-11-7-4-8-12-21)24-18(2)23(26)30-16-19-9-5-3-6-10-19/h3-15,18H,16H2,1-2H3,(H,24,29)/t18-,33?/m0/s1. The Morgan fingerprint density at radius 2 is 1.67 bits per heavy atom. The lowest BCUT2D eigenvalue weighted by molar-refractivity contribution is -0.384. The summed E-state index contributed by atoms with van der Waals surface area (Å²) in [7, 11) is -4.16. The molecule has 0 heterocycles. The minimum Gasteiger partial charge on any atom is -0.460 e. The molecule has 3 aromatic rings. The summed E-state index contributed by atoms with van der Waals surface area (Å²) < 4.78 is 30.2. The van der Waals surface area contributed by atoms with Crippen molar-refractivity contribution < 1.29 is 28.1 Å². The molecule has 0 aliphatic rings. The first-order chi connectivity index (χ1) is 15.8. The summed E-state index contributed by atoms with van der Waals surface area (Å²) in [5.74, 6) is -0.297. The Labute approximate surface area is 191 Å². The number of nitrogens with one attached hydrogen (secondary N) is 1. The molecule has 33 heavy (non-hydrogen) atoms. The molecule has 0 radical (unpaired) electrons. The SMILES string of the molecule is Cc1cc([N+](=O)[O-])ccc1OP(=O)(N[C@@H](C)C(=O)OCc1ccccc1)Oc1ccccc1. The van der Waals surface area contributed by atoms with Gasteiger partial charge < -0.3 is 13.8 Å². The molecule has 3 aromatic carbocycles. The molecule has 0 saturated carbocycles. The largest absolute Gasteiger partial charge is 0.513 e. The first kappa shape index (κ1) is 24.0. The number of benzene rings is 3. The highest BCUT2D eigenvalue weighted by Gasteiger charge is 2.34. The molecule has 3 rings (SSSR count). The topological polar surface area (TPSA) is 117 Å². The summed E-state index contributed by atoms with van der Waals surface area (Å²) >= 11 is 0. The van der Waals surface area contributed by atoms with Crippen molar-refractivity contribution in [1.82, 2.24) is 5.09 Å². The second-order valence-electron chi connectivity index (χ2n) is 7.14. The molecular weight excluding hydrogens is 447 g/mol. The Bertz CT molecular complexity index is 1160. The van der Waals surface area contributed by atoms with E-state index in [2.05, 4.69) is 5.09 Å². The molecule has 172 valence electrons. The van der Waals surface area contributed by atoms with Gasteiger partial charge in [0.2, 0.25) is 0 Å². The van der Waals surface area contributed by atoms with Gasteiger partial charge >= 0.3 is 13.7 Å². The molecule has 0 aliphatic heterocycles. The normalized spacial score (nSPS) is 13.4. The van der Waals surface area contributed by atoms with Crippen molar-refractivity contribution in [2.75, 3.05) is 0 Å². The second kappa shape index (κ2) is 10.8. The third-order valence-electron chi connectivity index (χ3n) is 4.49. The fourth-order valence-electron chi connectivity index (χ4n) is 2.81. The van der Waals surface area contributed by atoms with Crippen molar-refractivity contribution >= 4 is 19.4 Å². The van der Waals surface area contributed by atoms with Crippen molar-refractivity contribution in [3.63, 3.8) is 0 Å². The lowest BCUT2D eigenvalue weighted by atomic mass is 10.2. The lowest BCUT2D eigenvalue weighted by Crippen LogP contribution is -2.35. The number of rotatable bonds is 10. The summed E-state index contributed by atoms with van der Waals surface area (Å²) in [6.07, 6.45) is 0. The average Bonchev–Trinajstić information content (AvgIpc) is 2.79. The number of aryl methyl sites for hydroxylation is 1. The van der Waals surface area contributed by atoms with E-state index in [1.54, 1.807) is 37.3 Å². The molecule has 0 amide bonds. The van der Waals surface area contributed by atoms with Crippen LogP contribution in [0.2, 0.25) is 0 Å². The maximum Gasteiger partial charge on any atom is 0.513 e. The Morgan fingerprint density at radius 1 is 1.03 bits per heavy atom. The van der Waals surface area contributed by atoms with Crippen LogP contribution in [0.5, 0.6) is 11.5 Å². The number of para-hydroxylation sites is 1. The van der Waals surface area contributed by atoms with Gasteiger partial charge in [0.15, 0.2) is 0 Å². The van der Waals surface area contributed by atoms with Crippen molar-refractivity contribution in [3.05, 3.63) is 100 Å². The molecule has 9 nitrogen and oxygen atoms in total. The quantitative estimate of drug-likeness (QED) is 0.186. The number of ether oxygens (including phenoxy) is 1. The maximum atomic E-state index is 13.6. The van der Waals surface area contributed by atoms with E-state index < -0.39 is 24.7 Å². The van der Waals surface area contributed by atoms with Crippen LogP contribution < -0.4 is 14.1 Å². The number of hydrogen-bond donors (Lipinski definition) is 1. The lowest BCUT2D eigenvalue weighted by Gasteiger charge is -2.23. The van der Waals surface area contributed by atoms with Gasteiger partial charge in [-0.2, -0.15) is 5.09 Å². The zero-order valence-electron chi connectivity index (χ0n) is 18.0. The number of carbonyl (C=O) groups is 1. The van der Waals surface area contributed by atoms with E-state index in [-0.39, 0.29) is 23.8 Å². The van der Waals surface area contributed by atoms with Crippen LogP contribution in [-0.4, -0.2) is 16.9 Å². The Kier molecular flexibility index (Phi) is 7.82. The predicted octanol–water partition coefficient (Wildman–Crippen LogP) is 5.19. The molecule has 10 heteroatoms. The van der Waals surface area contributed by atoms with Crippen LogP contribution in [0.3, 0.4) is 0 Å². The van der Waals surface area contributed by atoms with Crippen molar-refractivity contribution in [3.8, 4) is 11.5 Å². The Morgan fingerprint density at radius 3 is 2.27 bits per heavy atom. The number of nitro groups is 1. The minimum atomic E-state index is -4.16. The van der Waals surface area contributed by atoms with Crippen LogP contribution in [0.25, 0.3) is 0 Å². The van der Waals surface area contributed by atoms with Gasteiger partial charge in [-0.3, -0.25) is 14.9 Å². The molecule has 0 spiro atoms. The third-order valence-corrected chi connectivity index (χ3v) is 6.08. The number of nitro benzene ring substituents is 1. The smallest absolute Gasteiger partial charge is 0.460 e. The minimum absolute atomic E-state index is 0.0534. The molecule has 0 fully saturated rings. The first-order valence-corrected chi connectivity index (χ1v) is 11.6. The van der Waals surface area contributed by atoms with Crippen LogP contribution in [0.4, 0.5) is 5.69 Å². The van der Waals surface area contributed by atoms with Crippen LogP contribution in [0, 0.1) is 17.0 Å². The number of carbonyl (C=O) groups excluding carboxylic acids is 1. The van der Waals surface area contributed by atoms with Gasteiger partial charge in [-0.15, -0.1) is 0 Å². The van der Waals surface area contributed by atoms with Gasteiger partial charge in [0.25, 0.3) is 5.69 Å². The van der Waals surface area contributed by atoms with Crippen LogP contribution in [0.1, 0.15) is 18.1 Å². The van der Waals surface area contributed by atoms with Crippen molar-refractivity contribution in [1.29, 1.82) is 0 Å². The summed E-state index contributed by atoms with van der Waals surface area (Å²) in [5, 5.41) is 13.6. The second-order valence-corrected chi connectivity index (χ2v) is 8.76. The molecule has 1 N–H and O–H groups in total. The highest BCUT2D eigenvalue weighted by atomic mass is 31.2. The van der Waals surface area contributed by atoms with Gasteiger partial charge in [-0.05, 0) is 43.2 Å². The number of nitrogens with zero attached hydrogens (tertiary/aromatic N) is 1. The van der Waals surface area contributed by atoms with E-state index in [1.165, 1.54) is 25.1 Å². The van der Waals surface area contributed by atoms with Gasteiger partial charge in [-0.1, -0.05) is 48.5 Å². The fraction of sp³-hybridized carbons (Fsp3) is 0.174. The summed E-state index contributed by atoms with van der Waals surface area (Å²) in [6, 6.07) is 20.2. The van der Waals surface area contributed by atoms with E-state index in [4.69, 9.17) is 13.8 Å². The van der Waals surface area contributed by atoms with Gasteiger partial charge in [0, 0.05) is 12.1 Å². The first-order valence-electron chi connectivity index (χ1n) is 10.0. The van der Waals surface area contributed by atoms with Crippen LogP contribution in [0.15, 0.2) is 78.9 Å². The monoisotopic (exact) mass is 470 g/mol. The molecule has 2 atom stereocenters. The number of esters is 1. The van der Waals surface area contributed by atoms with E-state index in [0.717, 1.165) is 5.56 Å². The van der Waals surface area contributed by atoms with Crippen LogP contribution >= 0.6 is 7.75 Å². The van der Waals surface area contributed by atoms with E-state index in [0.29, 0.717) is 5.56 Å². The zero-order chi connectivity index (χ0) is 23.8. The summed E-state index contributed by atoms with van der Waals surface area (Å²) in [6.45, 7) is 3.10. The van der Waals surface area contributed by atoms with Crippen molar-refractivity contribution in [2.24, 2.45) is 0 Å². The summed E-state index contributed by atoms with van der Waals surface area (Å²) in [4.78, 5) is 22.9. The molecular formula is C23H23N2O7P. The van der Waals surface area contributed by atoms with Gasteiger partial charge in [-0.25, -0.2) is 4.57 Å². The zero-order valence-corrected chi connectivity index (χ0v) is 18.9. The van der Waals surface area contributed by atoms with E-state index >= 15 is 0 Å². The molecule has 1 unspecified atom stereocenters. The highest BCUT2D eigenvalue weighted by molar-refractivity contribution is 7.52. The maximum absolute atomic E-state index is 13.6. The number of non-ortho nitro benzene ring substituents is 1. The molecule has 0 saturated heterocycles. The fourth-order valence-corrected chi connectivity index (χ4v) is 4.40. The van der Waals surface area contributed by atoms with E-state index in [9.17, 15) is 19.5 Å². The molecule has 0 aromatic heterocycles. The molecule has 0 bridgehead atoms. The Balaban J connectivity index is 1.77. The number of hydrogen-bond acceptors (Lipinski definition) is 7. The van der Waals surface area contributed by atoms with Crippen molar-refractivity contribution in [2.45, 2.75) is 26.5 Å². The van der Waals surface area contributed by atoms with Crippen LogP contribution in [-0.2, 0) is 20.7 Å². The third kappa shape index (κ3) is 6.90. The molecule has 0 aliphatic carbocycles. The predicted molar refractivity (Wildman–Crippen MR) is 122 cm³/mol. The van der Waals surface area contributed by atoms with Gasteiger partial charge in [0.1, 0.15) is 24.1 Å². The summed E-state index contributed by atoms with van der Waals surface area (Å²) in [5.41, 5.74) is 1.05. The Hall–Kier alpha value is -3.68. The highest BCUT2D eigenvalue weighted by Crippen LogP contribution is 2.46.